The van der Waals surface area contributed by atoms with E-state index in [4.69, 9.17) is 5.73 Å². The van der Waals surface area contributed by atoms with Crippen molar-refractivity contribution in [2.24, 2.45) is 5.73 Å². The van der Waals surface area contributed by atoms with E-state index >= 15 is 0 Å². The van der Waals surface area contributed by atoms with Crippen LogP contribution in [0.1, 0.15) is 15.6 Å². The van der Waals surface area contributed by atoms with Gasteiger partial charge in [-0.05, 0) is 32.0 Å². The van der Waals surface area contributed by atoms with Crippen molar-refractivity contribution in [2.45, 2.75) is 31.2 Å². The molecule has 0 radical (unpaired) electrons. The van der Waals surface area contributed by atoms with Crippen molar-refractivity contribution in [2.75, 3.05) is 5.75 Å². The van der Waals surface area contributed by atoms with Crippen molar-refractivity contribution in [3.63, 3.8) is 0 Å². The molecule has 102 valence electrons. The van der Waals surface area contributed by atoms with E-state index in [-0.39, 0.29) is 11.9 Å². The number of aromatic nitrogens is 1. The molecule has 0 saturated heterocycles. The van der Waals surface area contributed by atoms with E-state index in [1.54, 1.807) is 29.2 Å². The second-order valence-corrected chi connectivity index (χ2v) is 6.86. The van der Waals surface area contributed by atoms with E-state index in [0.29, 0.717) is 0 Å². The molecule has 0 amide bonds. The Kier molecular flexibility index (Phi) is 4.96. The Bertz CT molecular complexity index is 535. The number of halogens is 1. The SMILES string of the molecule is Cc1nc(CC(N)CSc2cccc(F)c2)sc1C. The van der Waals surface area contributed by atoms with Crippen LogP contribution in [0.25, 0.3) is 0 Å². The zero-order valence-corrected chi connectivity index (χ0v) is 12.7. The van der Waals surface area contributed by atoms with Gasteiger partial charge in [-0.25, -0.2) is 9.37 Å². The maximum absolute atomic E-state index is 13.0. The Balaban J connectivity index is 1.86. The van der Waals surface area contributed by atoms with Crippen LogP contribution in [0.3, 0.4) is 0 Å². The molecule has 5 heteroatoms. The molecule has 0 aliphatic carbocycles. The van der Waals surface area contributed by atoms with Crippen LogP contribution < -0.4 is 5.73 Å². The van der Waals surface area contributed by atoms with Gasteiger partial charge in [0.2, 0.25) is 0 Å². The van der Waals surface area contributed by atoms with E-state index in [2.05, 4.69) is 11.9 Å². The fraction of sp³-hybridized carbons (Fsp3) is 0.357. The molecule has 2 N–H and O–H groups in total. The molecular weight excluding hydrogens is 279 g/mol. The summed E-state index contributed by atoms with van der Waals surface area (Å²) in [4.78, 5) is 6.66. The summed E-state index contributed by atoms with van der Waals surface area (Å²) in [5.41, 5.74) is 7.19. The van der Waals surface area contributed by atoms with Crippen LogP contribution in [-0.2, 0) is 6.42 Å². The number of nitrogens with two attached hydrogens (primary N) is 1. The van der Waals surface area contributed by atoms with E-state index in [1.807, 2.05) is 13.0 Å². The Hall–Kier alpha value is -0.910. The van der Waals surface area contributed by atoms with E-state index in [1.165, 1.54) is 17.0 Å². The fourth-order valence-corrected chi connectivity index (χ4v) is 3.59. The number of rotatable bonds is 5. The number of hydrogen-bond acceptors (Lipinski definition) is 4. The molecule has 1 atom stereocenters. The molecule has 0 aliphatic rings. The summed E-state index contributed by atoms with van der Waals surface area (Å²) in [5.74, 6) is 0.561. The molecule has 2 rings (SSSR count). The van der Waals surface area contributed by atoms with Gasteiger partial charge in [-0.15, -0.1) is 23.1 Å². The normalized spacial score (nSPS) is 12.6. The average molecular weight is 296 g/mol. The molecule has 0 fully saturated rings. The van der Waals surface area contributed by atoms with Gasteiger partial charge in [-0.3, -0.25) is 0 Å². The Labute approximate surface area is 121 Å². The zero-order chi connectivity index (χ0) is 13.8. The largest absolute Gasteiger partial charge is 0.327 e. The van der Waals surface area contributed by atoms with Gasteiger partial charge in [0.25, 0.3) is 0 Å². The van der Waals surface area contributed by atoms with E-state index in [9.17, 15) is 4.39 Å². The van der Waals surface area contributed by atoms with Crippen molar-refractivity contribution in [3.8, 4) is 0 Å². The van der Waals surface area contributed by atoms with Crippen LogP contribution in [-0.4, -0.2) is 16.8 Å². The van der Waals surface area contributed by atoms with Crippen LogP contribution in [0.4, 0.5) is 4.39 Å². The van der Waals surface area contributed by atoms with Crippen LogP contribution in [0, 0.1) is 19.7 Å². The lowest BCUT2D eigenvalue weighted by molar-refractivity contribution is 0.624. The van der Waals surface area contributed by atoms with Crippen molar-refractivity contribution in [1.82, 2.24) is 4.98 Å². The van der Waals surface area contributed by atoms with Gasteiger partial charge < -0.3 is 5.73 Å². The predicted molar refractivity (Wildman–Crippen MR) is 80.4 cm³/mol. The molecule has 0 bridgehead atoms. The maximum Gasteiger partial charge on any atom is 0.124 e. The van der Waals surface area contributed by atoms with Crippen LogP contribution in [0.5, 0.6) is 0 Å². The van der Waals surface area contributed by atoms with E-state index < -0.39 is 0 Å². The van der Waals surface area contributed by atoms with Gasteiger partial charge >= 0.3 is 0 Å². The van der Waals surface area contributed by atoms with Gasteiger partial charge in [-0.2, -0.15) is 0 Å². The molecular formula is C14H17FN2S2. The molecule has 1 heterocycles. The maximum atomic E-state index is 13.0. The van der Waals surface area contributed by atoms with Gasteiger partial charge in [0.1, 0.15) is 5.82 Å². The second-order valence-electron chi connectivity index (χ2n) is 4.48. The lowest BCUT2D eigenvalue weighted by atomic mass is 10.2. The summed E-state index contributed by atoms with van der Waals surface area (Å²) in [7, 11) is 0. The third-order valence-electron chi connectivity index (χ3n) is 2.77. The van der Waals surface area contributed by atoms with E-state index in [0.717, 1.165) is 27.8 Å². The zero-order valence-electron chi connectivity index (χ0n) is 11.0. The molecule has 19 heavy (non-hydrogen) atoms. The highest BCUT2D eigenvalue weighted by atomic mass is 32.2. The number of benzene rings is 1. The third kappa shape index (κ3) is 4.30. The summed E-state index contributed by atoms with van der Waals surface area (Å²) in [6.07, 6.45) is 0.779. The molecule has 0 aliphatic heterocycles. The highest BCUT2D eigenvalue weighted by Crippen LogP contribution is 2.22. The standard InChI is InChI=1S/C14H17FN2S2/c1-9-10(2)19-14(17-9)7-12(16)8-18-13-5-3-4-11(15)6-13/h3-6,12H,7-8,16H2,1-2H3. The summed E-state index contributed by atoms with van der Waals surface area (Å²) >= 11 is 3.29. The Morgan fingerprint density at radius 1 is 1.42 bits per heavy atom. The number of aryl methyl sites for hydroxylation is 2. The molecule has 0 spiro atoms. The summed E-state index contributed by atoms with van der Waals surface area (Å²) < 4.78 is 13.0. The van der Waals surface area contributed by atoms with Crippen molar-refractivity contribution < 1.29 is 4.39 Å². The first-order valence-electron chi connectivity index (χ1n) is 6.11. The minimum atomic E-state index is -0.204. The molecule has 2 nitrogen and oxygen atoms in total. The fourth-order valence-electron chi connectivity index (χ4n) is 1.67. The number of nitrogens with zero attached hydrogens (tertiary/aromatic N) is 1. The highest BCUT2D eigenvalue weighted by molar-refractivity contribution is 7.99. The topological polar surface area (TPSA) is 38.9 Å². The molecule has 1 aromatic heterocycles. The van der Waals surface area contributed by atoms with Crippen LogP contribution in [0.15, 0.2) is 29.2 Å². The van der Waals surface area contributed by atoms with Crippen molar-refractivity contribution >= 4 is 23.1 Å². The number of hydrogen-bond donors (Lipinski definition) is 1. The summed E-state index contributed by atoms with van der Waals surface area (Å²) in [6, 6.07) is 6.65. The van der Waals surface area contributed by atoms with Crippen LogP contribution >= 0.6 is 23.1 Å². The second kappa shape index (κ2) is 6.50. The Morgan fingerprint density at radius 2 is 2.21 bits per heavy atom. The van der Waals surface area contributed by atoms with Gasteiger partial charge in [0.05, 0.1) is 10.7 Å². The highest BCUT2D eigenvalue weighted by Gasteiger charge is 2.10. The third-order valence-corrected chi connectivity index (χ3v) is 5.05. The van der Waals surface area contributed by atoms with Gasteiger partial charge in [-0.1, -0.05) is 6.07 Å². The molecule has 0 saturated carbocycles. The van der Waals surface area contributed by atoms with Crippen LogP contribution in [0.2, 0.25) is 0 Å². The van der Waals surface area contributed by atoms with Gasteiger partial charge in [0.15, 0.2) is 0 Å². The minimum Gasteiger partial charge on any atom is -0.327 e. The van der Waals surface area contributed by atoms with Gasteiger partial charge in [0, 0.05) is 28.0 Å². The van der Waals surface area contributed by atoms with Crippen molar-refractivity contribution in [1.29, 1.82) is 0 Å². The predicted octanol–water partition coefficient (Wildman–Crippen LogP) is 3.56. The first kappa shape index (κ1) is 14.5. The average Bonchev–Trinajstić information content (AvgIpc) is 2.66. The minimum absolute atomic E-state index is 0.0400. The molecule has 1 aromatic carbocycles. The first-order chi connectivity index (χ1) is 9.04. The summed E-state index contributed by atoms with van der Waals surface area (Å²) in [6.45, 7) is 4.09. The summed E-state index contributed by atoms with van der Waals surface area (Å²) in [5, 5.41) is 1.09. The smallest absolute Gasteiger partial charge is 0.124 e. The molecule has 2 aromatic rings. The monoisotopic (exact) mass is 296 g/mol. The lowest BCUT2D eigenvalue weighted by Crippen LogP contribution is -2.25. The molecule has 1 unspecified atom stereocenters. The Morgan fingerprint density at radius 3 is 2.84 bits per heavy atom. The van der Waals surface area contributed by atoms with Crippen molar-refractivity contribution in [3.05, 3.63) is 45.7 Å². The number of thioether (sulfide) groups is 1. The first-order valence-corrected chi connectivity index (χ1v) is 7.91. The number of thiazole rings is 1. The quantitative estimate of drug-likeness (QED) is 0.857. The lowest BCUT2D eigenvalue weighted by Gasteiger charge is -2.09.